The van der Waals surface area contributed by atoms with E-state index in [0.717, 1.165) is 39.0 Å². The Morgan fingerprint density at radius 1 is 1.26 bits per heavy atom. The summed E-state index contributed by atoms with van der Waals surface area (Å²) in [5, 5.41) is 11.4. The van der Waals surface area contributed by atoms with Gasteiger partial charge in [0.25, 0.3) is 5.91 Å². The van der Waals surface area contributed by atoms with E-state index >= 15 is 0 Å². The van der Waals surface area contributed by atoms with E-state index in [1.165, 1.54) is 5.56 Å². The fourth-order valence-corrected chi connectivity index (χ4v) is 3.83. The molecule has 0 aliphatic carbocycles. The summed E-state index contributed by atoms with van der Waals surface area (Å²) in [6, 6.07) is 5.45. The molecule has 2 aliphatic rings. The molecular formula is C20H23F3N4O4. The molecule has 168 valence electrons. The minimum atomic E-state index is -5.08. The fraction of sp³-hybridized carbons (Fsp3) is 0.500. The molecule has 4 heterocycles. The Kier molecular flexibility index (Phi) is 6.63. The maximum Gasteiger partial charge on any atom is 0.490 e. The van der Waals surface area contributed by atoms with Crippen molar-refractivity contribution in [3.8, 4) is 0 Å². The van der Waals surface area contributed by atoms with E-state index in [2.05, 4.69) is 16.3 Å². The van der Waals surface area contributed by atoms with Crippen molar-refractivity contribution in [3.05, 3.63) is 48.0 Å². The Morgan fingerprint density at radius 2 is 1.94 bits per heavy atom. The number of hydrogen-bond donors (Lipinski definition) is 1. The number of carboxylic acids is 1. The summed E-state index contributed by atoms with van der Waals surface area (Å²) < 4.78 is 39.8. The number of piperidine rings is 1. The molecular weight excluding hydrogens is 417 g/mol. The molecule has 2 aromatic rings. The normalized spacial score (nSPS) is 20.3. The minimum Gasteiger partial charge on any atom is -0.475 e. The maximum absolute atomic E-state index is 12.5. The highest BCUT2D eigenvalue weighted by atomic mass is 19.4. The van der Waals surface area contributed by atoms with Gasteiger partial charge in [-0.25, -0.2) is 4.79 Å². The van der Waals surface area contributed by atoms with Crippen molar-refractivity contribution in [1.29, 1.82) is 0 Å². The van der Waals surface area contributed by atoms with Crippen molar-refractivity contribution >= 4 is 11.9 Å². The fourth-order valence-electron chi connectivity index (χ4n) is 3.83. The Labute approximate surface area is 176 Å². The number of rotatable bonds is 2. The number of aryl methyl sites for hydroxylation is 1. The number of halogens is 3. The molecule has 0 aromatic carbocycles. The lowest BCUT2D eigenvalue weighted by molar-refractivity contribution is -0.192. The van der Waals surface area contributed by atoms with Gasteiger partial charge < -0.3 is 14.7 Å². The van der Waals surface area contributed by atoms with Crippen molar-refractivity contribution in [2.75, 3.05) is 19.7 Å². The number of aromatic nitrogens is 3. The van der Waals surface area contributed by atoms with E-state index in [1.54, 1.807) is 12.3 Å². The van der Waals surface area contributed by atoms with Gasteiger partial charge in [-0.15, -0.1) is 0 Å². The summed E-state index contributed by atoms with van der Waals surface area (Å²) in [6.07, 6.45) is 3.39. The van der Waals surface area contributed by atoms with E-state index in [9.17, 15) is 18.0 Å². The molecule has 2 aliphatic heterocycles. The second kappa shape index (κ2) is 9.04. The molecule has 4 rings (SSSR count). The van der Waals surface area contributed by atoms with Gasteiger partial charge in [0.1, 0.15) is 5.69 Å². The maximum atomic E-state index is 12.5. The second-order valence-electron chi connectivity index (χ2n) is 7.65. The molecule has 1 unspecified atom stereocenters. The zero-order chi connectivity index (χ0) is 22.6. The molecule has 2 saturated heterocycles. The molecule has 1 amide bonds. The van der Waals surface area contributed by atoms with Crippen LogP contribution < -0.4 is 0 Å². The third-order valence-electron chi connectivity index (χ3n) is 5.49. The molecule has 0 saturated carbocycles. The summed E-state index contributed by atoms with van der Waals surface area (Å²) >= 11 is 0. The van der Waals surface area contributed by atoms with E-state index in [-0.39, 0.29) is 11.5 Å². The first kappa shape index (κ1) is 22.7. The van der Waals surface area contributed by atoms with E-state index < -0.39 is 12.1 Å². The van der Waals surface area contributed by atoms with E-state index in [1.807, 2.05) is 35.0 Å². The van der Waals surface area contributed by atoms with Crippen LogP contribution in [0.1, 0.15) is 41.2 Å². The third kappa shape index (κ3) is 5.60. The van der Waals surface area contributed by atoms with E-state index in [4.69, 9.17) is 14.6 Å². The number of ether oxygens (including phenoxy) is 1. The molecule has 11 heteroatoms. The molecule has 31 heavy (non-hydrogen) atoms. The SMILES string of the molecule is Cn1cc(C2COC3(CCN(C(=O)c4ccccn4)CC3)C2)cn1.O=C(O)C(F)(F)F. The summed E-state index contributed by atoms with van der Waals surface area (Å²) in [7, 11) is 1.94. The monoisotopic (exact) mass is 440 g/mol. The second-order valence-corrected chi connectivity index (χ2v) is 7.65. The lowest BCUT2D eigenvalue weighted by Crippen LogP contribution is -2.46. The Morgan fingerprint density at radius 3 is 2.45 bits per heavy atom. The first-order chi connectivity index (χ1) is 14.6. The zero-order valence-electron chi connectivity index (χ0n) is 16.9. The van der Waals surface area contributed by atoms with Crippen LogP contribution >= 0.6 is 0 Å². The average Bonchev–Trinajstić information content (AvgIpc) is 3.35. The largest absolute Gasteiger partial charge is 0.490 e. The number of amides is 1. The summed E-state index contributed by atoms with van der Waals surface area (Å²) in [5.74, 6) is -2.32. The van der Waals surface area contributed by atoms with Gasteiger partial charge in [0.05, 0.1) is 18.4 Å². The topological polar surface area (TPSA) is 97.5 Å². The van der Waals surface area contributed by atoms with E-state index in [0.29, 0.717) is 11.6 Å². The van der Waals surface area contributed by atoms with Crippen LogP contribution in [-0.2, 0) is 16.6 Å². The third-order valence-corrected chi connectivity index (χ3v) is 5.49. The van der Waals surface area contributed by atoms with Gasteiger partial charge in [-0.2, -0.15) is 18.3 Å². The van der Waals surface area contributed by atoms with Crippen LogP contribution in [0.4, 0.5) is 13.2 Å². The molecule has 1 spiro atoms. The lowest BCUT2D eigenvalue weighted by atomic mass is 9.84. The van der Waals surface area contributed by atoms with Crippen LogP contribution in [0.2, 0.25) is 0 Å². The number of likely N-dealkylation sites (tertiary alicyclic amines) is 1. The van der Waals surface area contributed by atoms with Gasteiger partial charge in [0.2, 0.25) is 0 Å². The number of hydrogen-bond acceptors (Lipinski definition) is 5. The number of carboxylic acid groups (broad SMARTS) is 1. The first-order valence-electron chi connectivity index (χ1n) is 9.72. The number of aliphatic carboxylic acids is 1. The Balaban J connectivity index is 0.000000339. The zero-order valence-corrected chi connectivity index (χ0v) is 16.9. The predicted octanol–water partition coefficient (Wildman–Crippen LogP) is 2.63. The molecule has 0 radical (unpaired) electrons. The lowest BCUT2D eigenvalue weighted by Gasteiger charge is -2.38. The molecule has 2 fully saturated rings. The molecule has 1 N–H and O–H groups in total. The van der Waals surface area contributed by atoms with Crippen molar-refractivity contribution in [2.24, 2.45) is 7.05 Å². The molecule has 0 bridgehead atoms. The Bertz CT molecular complexity index is 909. The van der Waals surface area contributed by atoms with Crippen molar-refractivity contribution in [1.82, 2.24) is 19.7 Å². The minimum absolute atomic E-state index is 0.0206. The number of carbonyl (C=O) groups is 2. The number of carbonyl (C=O) groups excluding carboxylic acids is 1. The van der Waals surface area contributed by atoms with Crippen LogP contribution in [0, 0.1) is 0 Å². The number of nitrogens with zero attached hydrogens (tertiary/aromatic N) is 4. The van der Waals surface area contributed by atoms with Crippen molar-refractivity contribution < 1.29 is 32.6 Å². The van der Waals surface area contributed by atoms with Gasteiger partial charge in [-0.1, -0.05) is 6.07 Å². The molecule has 8 nitrogen and oxygen atoms in total. The highest BCUT2D eigenvalue weighted by Gasteiger charge is 2.44. The first-order valence-corrected chi connectivity index (χ1v) is 9.72. The number of pyridine rings is 1. The van der Waals surface area contributed by atoms with Gasteiger partial charge in [-0.3, -0.25) is 14.5 Å². The van der Waals surface area contributed by atoms with Crippen LogP contribution in [0.5, 0.6) is 0 Å². The summed E-state index contributed by atoms with van der Waals surface area (Å²) in [4.78, 5) is 27.5. The van der Waals surface area contributed by atoms with Gasteiger partial charge in [0.15, 0.2) is 0 Å². The standard InChI is InChI=1S/C18H22N4O2.C2HF3O2/c1-21-12-15(11-20-21)14-10-18(24-13-14)5-8-22(9-6-18)17(23)16-4-2-3-7-19-16;3-2(4,5)1(6)7/h2-4,7,11-12,14H,5-6,8-10,13H2,1H3;(H,6,7). The van der Waals surface area contributed by atoms with Crippen molar-refractivity contribution in [3.63, 3.8) is 0 Å². The van der Waals surface area contributed by atoms with Gasteiger partial charge in [-0.05, 0) is 37.0 Å². The highest BCUT2D eigenvalue weighted by molar-refractivity contribution is 5.92. The van der Waals surface area contributed by atoms with Crippen LogP contribution in [-0.4, -0.2) is 68.1 Å². The quantitative estimate of drug-likeness (QED) is 0.771. The molecule has 1 atom stereocenters. The average molecular weight is 440 g/mol. The number of alkyl halides is 3. The molecule has 2 aromatic heterocycles. The summed E-state index contributed by atoms with van der Waals surface area (Å²) in [5.41, 5.74) is 1.69. The van der Waals surface area contributed by atoms with Gasteiger partial charge in [0, 0.05) is 38.4 Å². The van der Waals surface area contributed by atoms with Crippen molar-refractivity contribution in [2.45, 2.75) is 37.0 Å². The van der Waals surface area contributed by atoms with Crippen LogP contribution in [0.25, 0.3) is 0 Å². The van der Waals surface area contributed by atoms with Crippen LogP contribution in [0.3, 0.4) is 0 Å². The Hall–Kier alpha value is -2.95. The van der Waals surface area contributed by atoms with Gasteiger partial charge >= 0.3 is 12.1 Å². The smallest absolute Gasteiger partial charge is 0.475 e. The highest BCUT2D eigenvalue weighted by Crippen LogP contribution is 2.42. The predicted molar refractivity (Wildman–Crippen MR) is 102 cm³/mol. The van der Waals surface area contributed by atoms with Crippen LogP contribution in [0.15, 0.2) is 36.8 Å². The summed E-state index contributed by atoms with van der Waals surface area (Å²) in [6.45, 7) is 2.21.